The highest BCUT2D eigenvalue weighted by molar-refractivity contribution is 7.89. The third-order valence-electron chi connectivity index (χ3n) is 3.57. The molecule has 0 aliphatic carbocycles. The molecule has 1 aromatic rings. The molecule has 0 bridgehead atoms. The van der Waals surface area contributed by atoms with Gasteiger partial charge in [0.2, 0.25) is 10.0 Å². The van der Waals surface area contributed by atoms with Gasteiger partial charge in [-0.2, -0.15) is 0 Å². The average molecular weight is 333 g/mol. The molecule has 1 aliphatic heterocycles. The minimum atomic E-state index is -3.50. The summed E-state index contributed by atoms with van der Waals surface area (Å²) in [6.07, 6.45) is 1.80. The average Bonchev–Trinajstić information content (AvgIpc) is 2.94. The van der Waals surface area contributed by atoms with Crippen molar-refractivity contribution in [3.8, 4) is 0 Å². The van der Waals surface area contributed by atoms with Gasteiger partial charge < -0.3 is 10.1 Å². The molecule has 1 saturated heterocycles. The number of rotatable bonds is 7. The van der Waals surface area contributed by atoms with Crippen LogP contribution in [0.25, 0.3) is 0 Å². The first-order valence-electron chi connectivity index (χ1n) is 7.03. The third kappa shape index (κ3) is 4.66. The number of benzene rings is 1. The Morgan fingerprint density at radius 3 is 2.86 bits per heavy atom. The van der Waals surface area contributed by atoms with Gasteiger partial charge in [0.15, 0.2) is 0 Å². The van der Waals surface area contributed by atoms with Crippen LogP contribution in [0, 0.1) is 5.92 Å². The lowest BCUT2D eigenvalue weighted by molar-refractivity contribution is 0.184. The largest absolute Gasteiger partial charge is 0.381 e. The molecule has 1 aromatic carbocycles. The minimum absolute atomic E-state index is 0.204. The first kappa shape index (κ1) is 16.7. The molecule has 1 heterocycles. The van der Waals surface area contributed by atoms with Gasteiger partial charge in [-0.1, -0.05) is 17.7 Å². The molecule has 0 spiro atoms. The van der Waals surface area contributed by atoms with Gasteiger partial charge in [0.1, 0.15) is 0 Å². The Morgan fingerprint density at radius 1 is 1.43 bits per heavy atom. The van der Waals surface area contributed by atoms with Crippen LogP contribution in [-0.2, 0) is 21.3 Å². The molecule has 1 fully saturated rings. The number of hydrogen-bond donors (Lipinski definition) is 2. The third-order valence-corrected chi connectivity index (χ3v) is 5.38. The zero-order valence-corrected chi connectivity index (χ0v) is 13.6. The monoisotopic (exact) mass is 332 g/mol. The molecule has 1 aliphatic rings. The fourth-order valence-electron chi connectivity index (χ4n) is 2.32. The van der Waals surface area contributed by atoms with Crippen molar-refractivity contribution >= 4 is 21.6 Å². The van der Waals surface area contributed by atoms with Crippen molar-refractivity contribution in [1.29, 1.82) is 0 Å². The predicted octanol–water partition coefficient (Wildman–Crippen LogP) is 1.76. The van der Waals surface area contributed by atoms with Crippen molar-refractivity contribution in [2.45, 2.75) is 24.3 Å². The van der Waals surface area contributed by atoms with E-state index >= 15 is 0 Å². The second-order valence-corrected chi connectivity index (χ2v) is 7.37. The number of nitrogens with one attached hydrogen (secondary N) is 2. The minimum Gasteiger partial charge on any atom is -0.381 e. The van der Waals surface area contributed by atoms with E-state index in [4.69, 9.17) is 16.3 Å². The van der Waals surface area contributed by atoms with Gasteiger partial charge in [0.25, 0.3) is 0 Å². The van der Waals surface area contributed by atoms with Gasteiger partial charge in [-0.3, -0.25) is 0 Å². The van der Waals surface area contributed by atoms with Crippen LogP contribution in [0.15, 0.2) is 23.1 Å². The molecule has 2 rings (SSSR count). The molecule has 0 saturated carbocycles. The van der Waals surface area contributed by atoms with Gasteiger partial charge in [-0.15, -0.1) is 0 Å². The summed E-state index contributed by atoms with van der Waals surface area (Å²) < 4.78 is 32.3. The van der Waals surface area contributed by atoms with Crippen LogP contribution in [0.3, 0.4) is 0 Å². The summed E-state index contributed by atoms with van der Waals surface area (Å²) in [5, 5.41) is 3.44. The zero-order chi connectivity index (χ0) is 15.3. The first-order valence-corrected chi connectivity index (χ1v) is 8.89. The molecule has 2 N–H and O–H groups in total. The van der Waals surface area contributed by atoms with Crippen LogP contribution in [0.1, 0.15) is 18.4 Å². The number of sulfonamides is 1. The van der Waals surface area contributed by atoms with E-state index in [1.54, 1.807) is 12.1 Å². The smallest absolute Gasteiger partial charge is 0.240 e. The fraction of sp³-hybridized carbons (Fsp3) is 0.571. The summed E-state index contributed by atoms with van der Waals surface area (Å²) in [6.45, 7) is 2.53. The molecular weight excluding hydrogens is 312 g/mol. The van der Waals surface area contributed by atoms with E-state index < -0.39 is 10.0 Å². The van der Waals surface area contributed by atoms with Crippen LogP contribution < -0.4 is 10.0 Å². The van der Waals surface area contributed by atoms with Gasteiger partial charge in [0, 0.05) is 31.3 Å². The van der Waals surface area contributed by atoms with Crippen molar-refractivity contribution < 1.29 is 13.2 Å². The molecule has 5 nitrogen and oxygen atoms in total. The Hall–Kier alpha value is -0.660. The Kier molecular flexibility index (Phi) is 6.01. The summed E-state index contributed by atoms with van der Waals surface area (Å²) in [5.41, 5.74) is 0.876. The number of halogens is 1. The highest BCUT2D eigenvalue weighted by atomic mass is 35.5. The van der Waals surface area contributed by atoms with Crippen LogP contribution in [-0.4, -0.2) is 35.2 Å². The molecule has 118 valence electrons. The molecule has 0 amide bonds. The van der Waals surface area contributed by atoms with Crippen LogP contribution >= 0.6 is 11.6 Å². The van der Waals surface area contributed by atoms with Crippen molar-refractivity contribution in [3.05, 3.63) is 28.8 Å². The number of hydrogen-bond acceptors (Lipinski definition) is 4. The maximum Gasteiger partial charge on any atom is 0.240 e. The molecule has 21 heavy (non-hydrogen) atoms. The topological polar surface area (TPSA) is 67.4 Å². The summed E-state index contributed by atoms with van der Waals surface area (Å²) in [6, 6.07) is 4.81. The van der Waals surface area contributed by atoms with Crippen LogP contribution in [0.4, 0.5) is 0 Å². The van der Waals surface area contributed by atoms with Gasteiger partial charge in [-0.05, 0) is 43.5 Å². The van der Waals surface area contributed by atoms with Crippen LogP contribution in [0.5, 0.6) is 0 Å². The summed E-state index contributed by atoms with van der Waals surface area (Å²) in [4.78, 5) is 0.204. The Morgan fingerprint density at radius 2 is 2.24 bits per heavy atom. The molecule has 7 heteroatoms. The molecule has 0 radical (unpaired) electrons. The van der Waals surface area contributed by atoms with Crippen molar-refractivity contribution in [2.75, 3.05) is 26.8 Å². The maximum atomic E-state index is 12.2. The lowest BCUT2D eigenvalue weighted by Gasteiger charge is -2.11. The van der Waals surface area contributed by atoms with E-state index in [1.165, 1.54) is 6.07 Å². The summed E-state index contributed by atoms with van der Waals surface area (Å²) >= 11 is 6.10. The van der Waals surface area contributed by atoms with E-state index in [2.05, 4.69) is 10.0 Å². The Bertz CT molecular complexity index is 572. The lowest BCUT2D eigenvalue weighted by Crippen LogP contribution is -2.26. The van der Waals surface area contributed by atoms with Gasteiger partial charge in [0.05, 0.1) is 4.90 Å². The second kappa shape index (κ2) is 7.56. The quantitative estimate of drug-likeness (QED) is 0.798. The highest BCUT2D eigenvalue weighted by Gasteiger charge is 2.18. The van der Waals surface area contributed by atoms with E-state index in [1.807, 2.05) is 7.05 Å². The van der Waals surface area contributed by atoms with E-state index in [9.17, 15) is 8.42 Å². The molecular formula is C14H21ClN2O3S. The van der Waals surface area contributed by atoms with Crippen LogP contribution in [0.2, 0.25) is 5.02 Å². The summed E-state index contributed by atoms with van der Waals surface area (Å²) in [5.74, 6) is 0.453. The van der Waals surface area contributed by atoms with Gasteiger partial charge in [-0.25, -0.2) is 13.1 Å². The number of ether oxygens (including phenoxy) is 1. The SMILES string of the molecule is CNCc1ccc(S(=O)(=O)NCCC2CCOC2)cc1Cl. The van der Waals surface area contributed by atoms with Crippen molar-refractivity contribution in [1.82, 2.24) is 10.0 Å². The standard InChI is InChI=1S/C14H21ClN2O3S/c1-16-9-12-2-3-13(8-14(12)15)21(18,19)17-6-4-11-5-7-20-10-11/h2-3,8,11,16-17H,4-7,9-10H2,1H3. The normalized spacial score (nSPS) is 19.0. The molecule has 0 aromatic heterocycles. The zero-order valence-electron chi connectivity index (χ0n) is 12.1. The molecule has 1 atom stereocenters. The van der Waals surface area contributed by atoms with E-state index in [0.717, 1.165) is 31.6 Å². The highest BCUT2D eigenvalue weighted by Crippen LogP contribution is 2.21. The van der Waals surface area contributed by atoms with Crippen molar-refractivity contribution in [3.63, 3.8) is 0 Å². The van der Waals surface area contributed by atoms with E-state index in [-0.39, 0.29) is 4.90 Å². The van der Waals surface area contributed by atoms with E-state index in [0.29, 0.717) is 24.0 Å². The maximum absolute atomic E-state index is 12.2. The summed E-state index contributed by atoms with van der Waals surface area (Å²) in [7, 11) is -1.69. The first-order chi connectivity index (χ1) is 10.0. The second-order valence-electron chi connectivity index (χ2n) is 5.20. The predicted molar refractivity (Wildman–Crippen MR) is 82.9 cm³/mol. The Balaban J connectivity index is 1.96. The van der Waals surface area contributed by atoms with Gasteiger partial charge >= 0.3 is 0 Å². The fourth-order valence-corrected chi connectivity index (χ4v) is 3.71. The van der Waals surface area contributed by atoms with Crippen molar-refractivity contribution in [2.24, 2.45) is 5.92 Å². The lowest BCUT2D eigenvalue weighted by atomic mass is 10.1. The Labute approximate surface area is 131 Å². The molecule has 1 unspecified atom stereocenters.